The van der Waals surface area contributed by atoms with Crippen LogP contribution in [0.1, 0.15) is 53.0 Å². The molecule has 0 saturated carbocycles. The first-order chi connectivity index (χ1) is 14.9. The Bertz CT molecular complexity index is 1150. The number of aryl methyl sites for hydroxylation is 2. The maximum atomic E-state index is 14.8. The third-order valence-electron chi connectivity index (χ3n) is 6.73. The molecule has 1 aliphatic heterocycles. The molecule has 31 heavy (non-hydrogen) atoms. The average Bonchev–Trinajstić information content (AvgIpc) is 3.48. The van der Waals surface area contributed by atoms with Crippen molar-refractivity contribution in [3.8, 4) is 0 Å². The normalized spacial score (nSPS) is 21.4. The Balaban J connectivity index is 1.43. The van der Waals surface area contributed by atoms with Gasteiger partial charge in [0.15, 0.2) is 0 Å². The van der Waals surface area contributed by atoms with Crippen LogP contribution in [0.25, 0.3) is 0 Å². The van der Waals surface area contributed by atoms with Crippen molar-refractivity contribution in [1.29, 1.82) is 0 Å². The van der Waals surface area contributed by atoms with Crippen LogP contribution in [-0.4, -0.2) is 23.3 Å². The van der Waals surface area contributed by atoms with Crippen molar-refractivity contribution >= 4 is 21.6 Å². The number of benzene rings is 2. The predicted octanol–water partition coefficient (Wildman–Crippen LogP) is 3.81. The largest absolute Gasteiger partial charge is 0.354 e. The number of nitrogens with zero attached hydrogens (tertiary/aromatic N) is 1. The molecular formula is C23H27FN4O2S. The Morgan fingerprint density at radius 3 is 2.45 bits per heavy atom. The van der Waals surface area contributed by atoms with Crippen LogP contribution in [0.4, 0.5) is 14.9 Å². The SMILES string of the molecule is N[S@@](=O)(=NC(=O)Nc1c2c(cc3c1CCC3)CCC2)c1ccc(C2CCNC2)cc1F. The van der Waals surface area contributed by atoms with Crippen molar-refractivity contribution in [2.24, 2.45) is 9.50 Å². The van der Waals surface area contributed by atoms with Gasteiger partial charge in [0.25, 0.3) is 0 Å². The molecule has 0 bridgehead atoms. The lowest BCUT2D eigenvalue weighted by molar-refractivity contribution is 0.260. The summed E-state index contributed by atoms with van der Waals surface area (Å²) in [5.41, 5.74) is 6.47. The van der Waals surface area contributed by atoms with Crippen LogP contribution < -0.4 is 15.8 Å². The highest BCUT2D eigenvalue weighted by molar-refractivity contribution is 7.91. The number of urea groups is 1. The van der Waals surface area contributed by atoms with Crippen molar-refractivity contribution in [3.63, 3.8) is 0 Å². The van der Waals surface area contributed by atoms with E-state index in [0.29, 0.717) is 0 Å². The van der Waals surface area contributed by atoms with E-state index < -0.39 is 21.8 Å². The number of nitrogens with two attached hydrogens (primary N) is 1. The van der Waals surface area contributed by atoms with Gasteiger partial charge in [-0.2, -0.15) is 0 Å². The minimum atomic E-state index is -3.71. The number of nitrogens with one attached hydrogen (secondary N) is 2. The number of amides is 2. The number of hydrogen-bond acceptors (Lipinski definition) is 3. The Morgan fingerprint density at radius 2 is 1.84 bits per heavy atom. The molecule has 5 rings (SSSR count). The molecule has 2 aromatic rings. The van der Waals surface area contributed by atoms with E-state index in [4.69, 9.17) is 5.14 Å². The summed E-state index contributed by atoms with van der Waals surface area (Å²) in [5, 5.41) is 12.0. The number of carbonyl (C=O) groups excluding carboxylic acids is 1. The molecule has 2 aliphatic carbocycles. The second-order valence-electron chi connectivity index (χ2n) is 8.70. The second-order valence-corrected chi connectivity index (χ2v) is 10.5. The molecule has 3 aliphatic rings. The summed E-state index contributed by atoms with van der Waals surface area (Å²) in [6.07, 6.45) is 6.86. The fourth-order valence-corrected chi connectivity index (χ4v) is 6.21. The molecule has 1 unspecified atom stereocenters. The van der Waals surface area contributed by atoms with Crippen LogP contribution in [0.2, 0.25) is 0 Å². The number of fused-ring (bicyclic) bond motifs is 2. The predicted molar refractivity (Wildman–Crippen MR) is 119 cm³/mol. The maximum Gasteiger partial charge on any atom is 0.354 e. The smallest absolute Gasteiger partial charge is 0.316 e. The van der Waals surface area contributed by atoms with Gasteiger partial charge in [-0.05, 0) is 97.4 Å². The zero-order valence-corrected chi connectivity index (χ0v) is 18.2. The van der Waals surface area contributed by atoms with E-state index in [9.17, 15) is 13.4 Å². The lowest BCUT2D eigenvalue weighted by Gasteiger charge is -2.15. The Hall–Kier alpha value is -2.29. The van der Waals surface area contributed by atoms with Gasteiger partial charge in [-0.25, -0.2) is 18.5 Å². The van der Waals surface area contributed by atoms with E-state index in [1.54, 1.807) is 6.07 Å². The van der Waals surface area contributed by atoms with Crippen LogP contribution in [0.15, 0.2) is 33.5 Å². The third-order valence-corrected chi connectivity index (χ3v) is 8.12. The van der Waals surface area contributed by atoms with Crippen LogP contribution in [0.3, 0.4) is 0 Å². The quantitative estimate of drug-likeness (QED) is 0.674. The summed E-state index contributed by atoms with van der Waals surface area (Å²) >= 11 is 0. The summed E-state index contributed by atoms with van der Waals surface area (Å²) in [6.45, 7) is 1.68. The van der Waals surface area contributed by atoms with Crippen LogP contribution in [0.5, 0.6) is 0 Å². The molecular weight excluding hydrogens is 415 g/mol. The molecule has 1 fully saturated rings. The molecule has 2 aromatic carbocycles. The van der Waals surface area contributed by atoms with Crippen molar-refractivity contribution in [1.82, 2.24) is 5.32 Å². The molecule has 1 heterocycles. The molecule has 6 nitrogen and oxygen atoms in total. The lowest BCUT2D eigenvalue weighted by Crippen LogP contribution is -2.20. The summed E-state index contributed by atoms with van der Waals surface area (Å²) < 4.78 is 31.5. The summed E-state index contributed by atoms with van der Waals surface area (Å²) in [5.74, 6) is -0.463. The highest BCUT2D eigenvalue weighted by Gasteiger charge is 2.26. The maximum absolute atomic E-state index is 14.8. The van der Waals surface area contributed by atoms with Gasteiger partial charge in [0.05, 0.1) is 4.90 Å². The van der Waals surface area contributed by atoms with Gasteiger partial charge in [-0.1, -0.05) is 12.1 Å². The van der Waals surface area contributed by atoms with E-state index in [1.807, 2.05) is 0 Å². The minimum Gasteiger partial charge on any atom is -0.316 e. The van der Waals surface area contributed by atoms with E-state index in [2.05, 4.69) is 21.1 Å². The van der Waals surface area contributed by atoms with Crippen LogP contribution in [0, 0.1) is 5.82 Å². The van der Waals surface area contributed by atoms with Gasteiger partial charge in [-0.15, -0.1) is 4.36 Å². The van der Waals surface area contributed by atoms with E-state index >= 15 is 0 Å². The Labute approximate surface area is 182 Å². The fourth-order valence-electron chi connectivity index (χ4n) is 5.22. The topological polar surface area (TPSA) is 96.6 Å². The molecule has 164 valence electrons. The standard InChI is InChI=1S/C23H27FN4O2S/c24-20-12-14(17-9-10-26-13-17)7-8-21(20)31(25,30)28-23(29)27-22-18-5-1-3-15(18)11-16-4-2-6-19(16)22/h7-8,11-12,17,26H,1-6,9-10,13H2,(H3,25,27,28,29,30)/t17?,31-/m1/s1. The number of hydrogen-bond donors (Lipinski definition) is 3. The summed E-state index contributed by atoms with van der Waals surface area (Å²) in [7, 11) is -3.71. The number of rotatable bonds is 3. The monoisotopic (exact) mass is 442 g/mol. The first-order valence-corrected chi connectivity index (χ1v) is 12.5. The van der Waals surface area contributed by atoms with E-state index in [0.717, 1.165) is 80.4 Å². The van der Waals surface area contributed by atoms with E-state index in [-0.39, 0.29) is 10.8 Å². The van der Waals surface area contributed by atoms with Crippen molar-refractivity contribution in [2.75, 3.05) is 18.4 Å². The zero-order chi connectivity index (χ0) is 21.6. The molecule has 4 N–H and O–H groups in total. The lowest BCUT2D eigenvalue weighted by atomic mass is 9.98. The fraction of sp³-hybridized carbons (Fsp3) is 0.435. The summed E-state index contributed by atoms with van der Waals surface area (Å²) in [4.78, 5) is 12.5. The van der Waals surface area contributed by atoms with Gasteiger partial charge in [0.1, 0.15) is 15.7 Å². The van der Waals surface area contributed by atoms with Gasteiger partial charge < -0.3 is 10.6 Å². The molecule has 0 spiro atoms. The molecule has 8 heteroatoms. The minimum absolute atomic E-state index is 0.222. The molecule has 0 radical (unpaired) electrons. The molecule has 2 atom stereocenters. The summed E-state index contributed by atoms with van der Waals surface area (Å²) in [6, 6.07) is 5.97. The number of carbonyl (C=O) groups is 1. The number of halogens is 1. The zero-order valence-electron chi connectivity index (χ0n) is 17.4. The highest BCUT2D eigenvalue weighted by atomic mass is 32.2. The number of anilines is 1. The third kappa shape index (κ3) is 3.88. The van der Waals surface area contributed by atoms with Crippen molar-refractivity contribution in [3.05, 3.63) is 57.9 Å². The molecule has 1 saturated heterocycles. The van der Waals surface area contributed by atoms with Crippen molar-refractivity contribution in [2.45, 2.75) is 55.8 Å². The molecule has 2 amide bonds. The van der Waals surface area contributed by atoms with Gasteiger partial charge >= 0.3 is 6.03 Å². The first-order valence-electron chi connectivity index (χ1n) is 10.9. The van der Waals surface area contributed by atoms with Crippen LogP contribution >= 0.6 is 0 Å². The Kier molecular flexibility index (Phi) is 5.32. The van der Waals surface area contributed by atoms with Crippen LogP contribution in [-0.2, 0) is 35.6 Å². The first kappa shape index (κ1) is 20.6. The highest BCUT2D eigenvalue weighted by Crippen LogP contribution is 2.38. The average molecular weight is 443 g/mol. The van der Waals surface area contributed by atoms with Gasteiger partial charge in [0.2, 0.25) is 0 Å². The second kappa shape index (κ2) is 8.00. The molecule has 0 aromatic heterocycles. The van der Waals surface area contributed by atoms with Crippen molar-refractivity contribution < 1.29 is 13.4 Å². The van der Waals surface area contributed by atoms with E-state index in [1.165, 1.54) is 23.3 Å². The van der Waals surface area contributed by atoms with Gasteiger partial charge in [0, 0.05) is 12.2 Å². The Morgan fingerprint density at radius 1 is 1.13 bits per heavy atom. The van der Waals surface area contributed by atoms with Gasteiger partial charge in [-0.3, -0.25) is 0 Å².